The maximum Gasteiger partial charge on any atom is 0.511 e. The summed E-state index contributed by atoms with van der Waals surface area (Å²) in [6.45, 7) is 9.92. The van der Waals surface area contributed by atoms with Gasteiger partial charge in [0.2, 0.25) is 6.79 Å². The molecule has 1 unspecified atom stereocenters. The maximum absolute atomic E-state index is 12.9. The molecule has 0 aromatic rings. The molecule has 6 atom stereocenters. The van der Waals surface area contributed by atoms with E-state index < -0.39 is 36.7 Å². The Morgan fingerprint density at radius 2 is 1.87 bits per heavy atom. The standard InChI is InChI=1S/C27H41NO11/c1-16(2)7-8-20-26(5,39-20)23-22(32-6)19(9-10-27(23)14-36-27)38-24(30)28-11-18(12-28)33-13-21(29)34-15-35-25(31)37-17(3)4/h7,17-20,22-23H,8-15H2,1-6H3/t19-,20?,22-,23-,26+,27+/m1/s1. The second kappa shape index (κ2) is 12.0. The minimum absolute atomic E-state index is 0.0493. The van der Waals surface area contributed by atoms with Crippen LogP contribution in [0.3, 0.4) is 0 Å². The Balaban J connectivity index is 1.20. The van der Waals surface area contributed by atoms with Crippen LogP contribution in [0, 0.1) is 5.92 Å². The fraction of sp³-hybridized carbons (Fsp3) is 0.815. The average molecular weight is 556 g/mol. The van der Waals surface area contributed by atoms with Crippen molar-refractivity contribution in [2.45, 2.75) is 95.6 Å². The lowest BCUT2D eigenvalue weighted by molar-refractivity contribution is -0.164. The normalized spacial score (nSPS) is 33.3. The summed E-state index contributed by atoms with van der Waals surface area (Å²) in [6, 6.07) is 0. The number of rotatable bonds is 11. The van der Waals surface area contributed by atoms with Gasteiger partial charge in [0.1, 0.15) is 30.0 Å². The molecular formula is C27H41NO11. The first kappa shape index (κ1) is 29.6. The molecule has 0 N–H and O–H groups in total. The molecular weight excluding hydrogens is 514 g/mol. The van der Waals surface area contributed by atoms with Crippen molar-refractivity contribution in [3.63, 3.8) is 0 Å². The smallest absolute Gasteiger partial charge is 0.443 e. The summed E-state index contributed by atoms with van der Waals surface area (Å²) < 4.78 is 43.7. The molecule has 4 aliphatic rings. The van der Waals surface area contributed by atoms with Crippen LogP contribution in [-0.4, -0.2) is 105 Å². The number of carbonyl (C=O) groups is 3. The first-order valence-corrected chi connectivity index (χ1v) is 13.5. The van der Waals surface area contributed by atoms with Crippen molar-refractivity contribution in [3.8, 4) is 0 Å². The molecule has 12 heteroatoms. The topological polar surface area (TPSA) is 135 Å². The molecule has 3 aliphatic heterocycles. The van der Waals surface area contributed by atoms with Gasteiger partial charge in [0.05, 0.1) is 43.9 Å². The molecule has 1 saturated carbocycles. The van der Waals surface area contributed by atoms with Crippen LogP contribution in [0.2, 0.25) is 0 Å². The molecule has 0 aromatic heterocycles. The number of likely N-dealkylation sites (tertiary alicyclic amines) is 1. The predicted molar refractivity (Wildman–Crippen MR) is 135 cm³/mol. The second-order valence-corrected chi connectivity index (χ2v) is 11.3. The zero-order valence-electron chi connectivity index (χ0n) is 23.6. The molecule has 0 aromatic carbocycles. The number of hydrogen-bond donors (Lipinski definition) is 0. The Morgan fingerprint density at radius 1 is 1.15 bits per heavy atom. The number of hydrogen-bond acceptors (Lipinski definition) is 11. The van der Waals surface area contributed by atoms with Gasteiger partial charge in [0, 0.05) is 7.11 Å². The van der Waals surface area contributed by atoms with E-state index in [9.17, 15) is 14.4 Å². The van der Waals surface area contributed by atoms with Gasteiger partial charge in [-0.1, -0.05) is 11.6 Å². The molecule has 220 valence electrons. The second-order valence-electron chi connectivity index (χ2n) is 11.3. The Bertz CT molecular complexity index is 938. The molecule has 4 fully saturated rings. The highest BCUT2D eigenvalue weighted by Gasteiger charge is 2.72. The SMILES string of the molecule is CO[C@@H]1[C@H](OC(=O)N2CC(OCC(=O)OCOC(=O)OC(C)C)C2)CC[C@]2(CO2)[C@H]1[C@@]1(C)OC1CC=C(C)C. The van der Waals surface area contributed by atoms with Gasteiger partial charge in [0.15, 0.2) is 0 Å². The molecule has 0 radical (unpaired) electrons. The van der Waals surface area contributed by atoms with Crippen LogP contribution in [0.15, 0.2) is 11.6 Å². The van der Waals surface area contributed by atoms with Crippen molar-refractivity contribution in [1.82, 2.24) is 4.90 Å². The third kappa shape index (κ3) is 7.03. The van der Waals surface area contributed by atoms with Crippen LogP contribution >= 0.6 is 0 Å². The lowest BCUT2D eigenvalue weighted by Gasteiger charge is -2.44. The Morgan fingerprint density at radius 3 is 2.49 bits per heavy atom. The number of ether oxygens (including phenoxy) is 8. The van der Waals surface area contributed by atoms with E-state index in [-0.39, 0.29) is 55.6 Å². The van der Waals surface area contributed by atoms with E-state index in [0.29, 0.717) is 13.0 Å². The number of epoxide rings is 2. The molecule has 4 rings (SSSR count). The fourth-order valence-electron chi connectivity index (χ4n) is 5.56. The van der Waals surface area contributed by atoms with Crippen LogP contribution < -0.4 is 0 Å². The first-order chi connectivity index (χ1) is 18.5. The van der Waals surface area contributed by atoms with E-state index in [2.05, 4.69) is 31.6 Å². The molecule has 3 heterocycles. The van der Waals surface area contributed by atoms with Crippen LogP contribution in [0.25, 0.3) is 0 Å². The largest absolute Gasteiger partial charge is 0.511 e. The summed E-state index contributed by atoms with van der Waals surface area (Å²) in [7, 11) is 1.64. The van der Waals surface area contributed by atoms with Gasteiger partial charge < -0.3 is 42.8 Å². The van der Waals surface area contributed by atoms with Crippen molar-refractivity contribution in [3.05, 3.63) is 11.6 Å². The quantitative estimate of drug-likeness (QED) is 0.122. The van der Waals surface area contributed by atoms with Gasteiger partial charge in [0.25, 0.3) is 0 Å². The number of nitrogens with zero attached hydrogens (tertiary/aromatic N) is 1. The van der Waals surface area contributed by atoms with Crippen LogP contribution in [0.4, 0.5) is 9.59 Å². The highest BCUT2D eigenvalue weighted by Crippen LogP contribution is 2.59. The summed E-state index contributed by atoms with van der Waals surface area (Å²) in [4.78, 5) is 37.5. The average Bonchev–Trinajstić information content (AvgIpc) is 3.74. The number of esters is 1. The Hall–Kier alpha value is -2.41. The summed E-state index contributed by atoms with van der Waals surface area (Å²) in [5, 5.41) is 0. The van der Waals surface area contributed by atoms with E-state index in [1.807, 2.05) is 0 Å². The minimum Gasteiger partial charge on any atom is -0.443 e. The highest BCUT2D eigenvalue weighted by molar-refractivity contribution is 5.71. The lowest BCUT2D eigenvalue weighted by atomic mass is 9.68. The molecule has 0 bridgehead atoms. The number of methoxy groups -OCH3 is 1. The molecule has 12 nitrogen and oxygen atoms in total. The van der Waals surface area contributed by atoms with Crippen molar-refractivity contribution < 1.29 is 52.3 Å². The Labute approximate surface area is 229 Å². The van der Waals surface area contributed by atoms with Gasteiger partial charge in [-0.25, -0.2) is 14.4 Å². The third-order valence-corrected chi connectivity index (χ3v) is 7.76. The minimum atomic E-state index is -0.922. The summed E-state index contributed by atoms with van der Waals surface area (Å²) in [5.41, 5.74) is 0.552. The van der Waals surface area contributed by atoms with E-state index in [0.717, 1.165) is 12.8 Å². The molecule has 39 heavy (non-hydrogen) atoms. The van der Waals surface area contributed by atoms with Crippen LogP contribution in [-0.2, 0) is 42.7 Å². The van der Waals surface area contributed by atoms with Gasteiger partial charge >= 0.3 is 18.2 Å². The molecule has 1 aliphatic carbocycles. The van der Waals surface area contributed by atoms with Gasteiger partial charge in [-0.3, -0.25) is 0 Å². The highest BCUT2D eigenvalue weighted by atomic mass is 16.8. The van der Waals surface area contributed by atoms with E-state index in [1.165, 1.54) is 10.5 Å². The predicted octanol–water partition coefficient (Wildman–Crippen LogP) is 2.96. The van der Waals surface area contributed by atoms with Crippen molar-refractivity contribution in [2.75, 3.05) is 40.2 Å². The number of amides is 1. The van der Waals surface area contributed by atoms with E-state index >= 15 is 0 Å². The van der Waals surface area contributed by atoms with Crippen molar-refractivity contribution in [1.29, 1.82) is 0 Å². The lowest BCUT2D eigenvalue weighted by Crippen LogP contribution is -2.59. The monoisotopic (exact) mass is 555 g/mol. The summed E-state index contributed by atoms with van der Waals surface area (Å²) >= 11 is 0. The number of carbonyl (C=O) groups excluding carboxylic acids is 3. The van der Waals surface area contributed by atoms with Crippen molar-refractivity contribution >= 4 is 18.2 Å². The molecule has 1 spiro atoms. The van der Waals surface area contributed by atoms with Gasteiger partial charge in [-0.15, -0.1) is 0 Å². The Kier molecular flexibility index (Phi) is 9.09. The van der Waals surface area contributed by atoms with Crippen molar-refractivity contribution in [2.24, 2.45) is 5.92 Å². The maximum atomic E-state index is 12.9. The van der Waals surface area contributed by atoms with E-state index in [1.54, 1.807) is 21.0 Å². The van der Waals surface area contributed by atoms with Crippen LogP contribution in [0.1, 0.15) is 53.9 Å². The molecule has 3 saturated heterocycles. The van der Waals surface area contributed by atoms with Crippen LogP contribution in [0.5, 0.6) is 0 Å². The zero-order chi connectivity index (χ0) is 28.4. The summed E-state index contributed by atoms with van der Waals surface area (Å²) in [6.07, 6.45) is 1.68. The number of allylic oxidation sites excluding steroid dienone is 1. The fourth-order valence-corrected chi connectivity index (χ4v) is 5.56. The molecule has 1 amide bonds. The zero-order valence-corrected chi connectivity index (χ0v) is 23.6. The van der Waals surface area contributed by atoms with E-state index in [4.69, 9.17) is 33.2 Å². The first-order valence-electron chi connectivity index (χ1n) is 13.5. The van der Waals surface area contributed by atoms with Gasteiger partial charge in [-0.2, -0.15) is 0 Å². The third-order valence-electron chi connectivity index (χ3n) is 7.76. The summed E-state index contributed by atoms with van der Waals surface area (Å²) in [5.74, 6) is -0.744. The van der Waals surface area contributed by atoms with Gasteiger partial charge in [-0.05, 0) is 53.9 Å².